The number of rotatable bonds is 0. The maximum Gasteiger partial charge on any atom is 0.0992 e. The molecule has 0 aliphatic heterocycles. The predicted molar refractivity (Wildman–Crippen MR) is 37.2 cm³/mol. The monoisotopic (exact) mass is 160 g/mol. The van der Waals surface area contributed by atoms with E-state index in [1.807, 2.05) is 6.92 Å². The van der Waals surface area contributed by atoms with Gasteiger partial charge in [-0.15, -0.1) is 11.6 Å². The van der Waals surface area contributed by atoms with Crippen LogP contribution in [0.25, 0.3) is 0 Å². The van der Waals surface area contributed by atoms with Gasteiger partial charge in [-0.2, -0.15) is 0 Å². The zero-order valence-corrected chi connectivity index (χ0v) is 6.32. The molecule has 0 nitrogen and oxygen atoms in total. The third-order valence-corrected chi connectivity index (χ3v) is 0. The van der Waals surface area contributed by atoms with Crippen LogP contribution in [0.3, 0.4) is 0 Å². The van der Waals surface area contributed by atoms with Crippen molar-refractivity contribution in [3.63, 3.8) is 0 Å². The second kappa shape index (κ2) is 9.79. The molecular formula is C4H7Cl3. The van der Waals surface area contributed by atoms with Gasteiger partial charge in [0, 0.05) is 5.88 Å². The Labute approximate surface area is 59.1 Å². The fourth-order valence-electron chi connectivity index (χ4n) is 0. The van der Waals surface area contributed by atoms with Crippen LogP contribution in [-0.2, 0) is 0 Å². The van der Waals surface area contributed by atoms with E-state index in [1.165, 1.54) is 0 Å². The van der Waals surface area contributed by atoms with Gasteiger partial charge in [-0.1, -0.05) is 36.7 Å². The molecule has 0 radical (unpaired) electrons. The molecule has 7 heavy (non-hydrogen) atoms. The van der Waals surface area contributed by atoms with E-state index in [2.05, 4.69) is 6.58 Å². The highest BCUT2D eigenvalue weighted by Crippen LogP contribution is 1.98. The van der Waals surface area contributed by atoms with Gasteiger partial charge >= 0.3 is 0 Å². The standard InChI is InChI=1S/C2H2Cl2.C2H5Cl/c1-2(3)4;1-2-3/h1H2;2H2,1H3. The van der Waals surface area contributed by atoms with Crippen LogP contribution >= 0.6 is 34.8 Å². The van der Waals surface area contributed by atoms with Crippen LogP contribution in [0.2, 0.25) is 0 Å². The Morgan fingerprint density at radius 3 is 1.57 bits per heavy atom. The molecule has 0 saturated heterocycles. The summed E-state index contributed by atoms with van der Waals surface area (Å²) < 4.78 is 0.111. The van der Waals surface area contributed by atoms with Crippen LogP contribution in [0.4, 0.5) is 0 Å². The lowest BCUT2D eigenvalue weighted by Crippen LogP contribution is -1.36. The highest BCUT2D eigenvalue weighted by molar-refractivity contribution is 6.55. The smallest absolute Gasteiger partial charge is 0.0992 e. The van der Waals surface area contributed by atoms with Crippen molar-refractivity contribution in [1.82, 2.24) is 0 Å². The number of halogens is 3. The van der Waals surface area contributed by atoms with E-state index < -0.39 is 0 Å². The van der Waals surface area contributed by atoms with Crippen molar-refractivity contribution in [3.05, 3.63) is 11.1 Å². The topological polar surface area (TPSA) is 0 Å². The third kappa shape index (κ3) is 378. The van der Waals surface area contributed by atoms with Gasteiger partial charge in [0.25, 0.3) is 0 Å². The average Bonchev–Trinajstić information content (AvgIpc) is 1.33. The first-order valence-corrected chi connectivity index (χ1v) is 3.00. The second-order valence-corrected chi connectivity index (χ2v) is 2.25. The molecule has 0 amide bonds. The Kier molecular flexibility index (Phi) is 14.8. The highest BCUT2D eigenvalue weighted by atomic mass is 35.5. The molecule has 0 heterocycles. The molecule has 0 aromatic heterocycles. The first kappa shape index (κ1) is 10.6. The maximum absolute atomic E-state index is 5.00. The van der Waals surface area contributed by atoms with Crippen LogP contribution in [-0.4, -0.2) is 5.88 Å². The van der Waals surface area contributed by atoms with Crippen molar-refractivity contribution >= 4 is 34.8 Å². The van der Waals surface area contributed by atoms with Crippen LogP contribution in [0.15, 0.2) is 11.1 Å². The van der Waals surface area contributed by atoms with Gasteiger partial charge in [0.1, 0.15) is 0 Å². The number of alkyl halides is 1. The van der Waals surface area contributed by atoms with Gasteiger partial charge in [0.15, 0.2) is 0 Å². The molecule has 0 aliphatic carbocycles. The molecule has 0 aromatic carbocycles. The van der Waals surface area contributed by atoms with Gasteiger partial charge in [0.05, 0.1) is 4.49 Å². The van der Waals surface area contributed by atoms with Gasteiger partial charge in [-0.05, 0) is 0 Å². The van der Waals surface area contributed by atoms with Crippen molar-refractivity contribution in [2.75, 3.05) is 5.88 Å². The minimum absolute atomic E-state index is 0.111. The van der Waals surface area contributed by atoms with E-state index in [1.54, 1.807) is 0 Å². The molecule has 0 bridgehead atoms. The van der Waals surface area contributed by atoms with Crippen LogP contribution < -0.4 is 0 Å². The first-order valence-electron chi connectivity index (χ1n) is 1.71. The van der Waals surface area contributed by atoms with E-state index in [-0.39, 0.29) is 4.49 Å². The summed E-state index contributed by atoms with van der Waals surface area (Å²) in [5.41, 5.74) is 0. The molecule has 0 atom stereocenters. The van der Waals surface area contributed by atoms with Gasteiger partial charge < -0.3 is 0 Å². The molecule has 0 spiro atoms. The second-order valence-electron chi connectivity index (χ2n) is 0.606. The lowest BCUT2D eigenvalue weighted by molar-refractivity contribution is 1.51. The van der Waals surface area contributed by atoms with E-state index in [4.69, 9.17) is 34.8 Å². The average molecular weight is 161 g/mol. The zero-order valence-electron chi connectivity index (χ0n) is 4.05. The lowest BCUT2D eigenvalue weighted by atomic mass is 11.0. The molecule has 0 saturated carbocycles. The summed E-state index contributed by atoms with van der Waals surface area (Å²) in [6, 6.07) is 0. The van der Waals surface area contributed by atoms with E-state index in [9.17, 15) is 0 Å². The first-order chi connectivity index (χ1) is 3.15. The van der Waals surface area contributed by atoms with Crippen LogP contribution in [0.1, 0.15) is 6.92 Å². The zero-order chi connectivity index (χ0) is 6.28. The molecule has 0 fully saturated rings. The summed E-state index contributed by atoms with van der Waals surface area (Å²) in [5.74, 6) is 0.722. The minimum atomic E-state index is 0.111. The molecule has 0 aliphatic rings. The summed E-state index contributed by atoms with van der Waals surface area (Å²) in [6.07, 6.45) is 0. The Morgan fingerprint density at radius 2 is 1.57 bits per heavy atom. The van der Waals surface area contributed by atoms with E-state index in [0.717, 1.165) is 5.88 Å². The van der Waals surface area contributed by atoms with Gasteiger partial charge in [-0.25, -0.2) is 0 Å². The SMILES string of the molecule is C=C(Cl)Cl.CCCl. The van der Waals surface area contributed by atoms with Gasteiger partial charge in [0.2, 0.25) is 0 Å². The quantitative estimate of drug-likeness (QED) is 0.479. The molecule has 0 unspecified atom stereocenters. The third-order valence-electron chi connectivity index (χ3n) is 0. The van der Waals surface area contributed by atoms with E-state index >= 15 is 0 Å². The maximum atomic E-state index is 5.00. The van der Waals surface area contributed by atoms with Crippen molar-refractivity contribution in [3.8, 4) is 0 Å². The normalized spacial score (nSPS) is 6.29. The number of hydrogen-bond acceptors (Lipinski definition) is 0. The van der Waals surface area contributed by atoms with Gasteiger partial charge in [-0.3, -0.25) is 0 Å². The van der Waals surface area contributed by atoms with E-state index in [0.29, 0.717) is 0 Å². The Bertz CT molecular complexity index is 38.2. The molecule has 3 heteroatoms. The molecule has 0 N–H and O–H groups in total. The lowest BCUT2D eigenvalue weighted by Gasteiger charge is -1.57. The van der Waals surface area contributed by atoms with Crippen LogP contribution in [0.5, 0.6) is 0 Å². The molecular weight excluding hydrogens is 154 g/mol. The Hall–Kier alpha value is 0.610. The Balaban J connectivity index is 0. The fourth-order valence-corrected chi connectivity index (χ4v) is 0. The minimum Gasteiger partial charge on any atom is -0.127 e. The van der Waals surface area contributed by atoms with Crippen LogP contribution in [0, 0.1) is 0 Å². The largest absolute Gasteiger partial charge is 0.127 e. The molecule has 44 valence electrons. The summed E-state index contributed by atoms with van der Waals surface area (Å²) >= 11 is 14.7. The predicted octanol–water partition coefficient (Wildman–Crippen LogP) is 3.18. The fraction of sp³-hybridized carbons (Fsp3) is 0.500. The summed E-state index contributed by atoms with van der Waals surface area (Å²) in [4.78, 5) is 0. The van der Waals surface area contributed by atoms with Crippen molar-refractivity contribution in [2.24, 2.45) is 0 Å². The molecule has 0 aromatic rings. The van der Waals surface area contributed by atoms with Crippen molar-refractivity contribution in [2.45, 2.75) is 6.92 Å². The van der Waals surface area contributed by atoms with Crippen molar-refractivity contribution in [1.29, 1.82) is 0 Å². The summed E-state index contributed by atoms with van der Waals surface area (Å²) in [6.45, 7) is 4.98. The Morgan fingerprint density at radius 1 is 1.57 bits per heavy atom. The summed E-state index contributed by atoms with van der Waals surface area (Å²) in [7, 11) is 0. The molecule has 0 rings (SSSR count). The number of hydrogen-bond donors (Lipinski definition) is 0. The summed E-state index contributed by atoms with van der Waals surface area (Å²) in [5, 5.41) is 0. The van der Waals surface area contributed by atoms with Crippen molar-refractivity contribution < 1.29 is 0 Å². The highest BCUT2D eigenvalue weighted by Gasteiger charge is 1.60.